The Balaban J connectivity index is 1.89. The molecule has 0 bridgehead atoms. The molecule has 3 aromatic carbocycles. The van der Waals surface area contributed by atoms with Gasteiger partial charge in [-0.3, -0.25) is 4.79 Å². The number of ketones is 1. The summed E-state index contributed by atoms with van der Waals surface area (Å²) in [6.45, 7) is 6.32. The van der Waals surface area contributed by atoms with Crippen LogP contribution >= 0.6 is 11.6 Å². The number of carbonyl (C=O) groups is 2. The quantitative estimate of drug-likeness (QED) is 0.362. The van der Waals surface area contributed by atoms with Crippen LogP contribution in [0.4, 0.5) is 0 Å². The normalized spacial score (nSPS) is 12.3. The summed E-state index contributed by atoms with van der Waals surface area (Å²) in [5, 5.41) is 0.545. The zero-order valence-electron chi connectivity index (χ0n) is 16.7. The molecule has 3 rings (SSSR count). The molecule has 0 spiro atoms. The number of carbonyl (C=O) groups excluding carboxylic acids is 2. The first-order valence-electron chi connectivity index (χ1n) is 9.42. The van der Waals surface area contributed by atoms with Crippen molar-refractivity contribution in [2.75, 3.05) is 0 Å². The van der Waals surface area contributed by atoms with Crippen LogP contribution in [-0.4, -0.2) is 11.8 Å². The molecule has 0 aliphatic carbocycles. The molecule has 0 N–H and O–H groups in total. The monoisotopic (exact) mass is 406 g/mol. The van der Waals surface area contributed by atoms with E-state index in [1.807, 2.05) is 18.2 Å². The van der Waals surface area contributed by atoms with Crippen molar-refractivity contribution in [1.29, 1.82) is 0 Å². The van der Waals surface area contributed by atoms with Gasteiger partial charge >= 0.3 is 5.97 Å². The number of rotatable bonds is 5. The average molecular weight is 407 g/mol. The summed E-state index contributed by atoms with van der Waals surface area (Å²) in [4.78, 5) is 25.9. The highest BCUT2D eigenvalue weighted by Crippen LogP contribution is 2.27. The lowest BCUT2D eigenvalue weighted by Gasteiger charge is -2.20. The van der Waals surface area contributed by atoms with Crippen molar-refractivity contribution >= 4 is 23.4 Å². The smallest absolute Gasteiger partial charge is 0.339 e. The van der Waals surface area contributed by atoms with Gasteiger partial charge in [0.15, 0.2) is 6.10 Å². The van der Waals surface area contributed by atoms with Crippen LogP contribution in [0, 0.1) is 0 Å². The molecule has 4 heteroatoms. The first-order chi connectivity index (χ1) is 13.8. The Kier molecular flexibility index (Phi) is 6.19. The zero-order valence-corrected chi connectivity index (χ0v) is 17.4. The van der Waals surface area contributed by atoms with Crippen LogP contribution in [-0.2, 0) is 10.2 Å². The second-order valence-corrected chi connectivity index (χ2v) is 8.33. The van der Waals surface area contributed by atoms with Gasteiger partial charge in [-0.2, -0.15) is 0 Å². The van der Waals surface area contributed by atoms with Crippen molar-refractivity contribution in [3.05, 3.63) is 106 Å². The number of ether oxygens (including phenoxy) is 1. The van der Waals surface area contributed by atoms with Gasteiger partial charge in [0, 0.05) is 16.1 Å². The Hall–Kier alpha value is -2.91. The van der Waals surface area contributed by atoms with Gasteiger partial charge in [-0.05, 0) is 35.2 Å². The maximum absolute atomic E-state index is 13.1. The molecule has 3 nitrogen and oxygen atoms in total. The van der Waals surface area contributed by atoms with Crippen molar-refractivity contribution in [3.63, 3.8) is 0 Å². The Morgan fingerprint density at radius 3 is 1.93 bits per heavy atom. The largest absolute Gasteiger partial charge is 0.445 e. The van der Waals surface area contributed by atoms with Crippen LogP contribution in [0.15, 0.2) is 78.9 Å². The number of Topliss-reactive ketones (excluding diaryl/α,β-unsaturated/α-hetero) is 1. The highest BCUT2D eigenvalue weighted by molar-refractivity contribution is 6.30. The molecule has 0 fully saturated rings. The number of halogens is 1. The lowest BCUT2D eigenvalue weighted by Crippen LogP contribution is -2.20. The molecule has 0 radical (unpaired) electrons. The number of hydrogen-bond donors (Lipinski definition) is 0. The van der Waals surface area contributed by atoms with Gasteiger partial charge in [0.1, 0.15) is 0 Å². The predicted molar refractivity (Wildman–Crippen MR) is 116 cm³/mol. The topological polar surface area (TPSA) is 43.4 Å². The van der Waals surface area contributed by atoms with Gasteiger partial charge in [-0.25, -0.2) is 4.79 Å². The van der Waals surface area contributed by atoms with E-state index in [2.05, 4.69) is 20.8 Å². The third-order valence-corrected chi connectivity index (χ3v) is 4.93. The molecule has 0 heterocycles. The van der Waals surface area contributed by atoms with Gasteiger partial charge in [-0.15, -0.1) is 0 Å². The fourth-order valence-electron chi connectivity index (χ4n) is 2.95. The molecule has 0 aliphatic heterocycles. The zero-order chi connectivity index (χ0) is 21.0. The minimum atomic E-state index is -1.05. The average Bonchev–Trinajstić information content (AvgIpc) is 2.72. The van der Waals surface area contributed by atoms with Crippen molar-refractivity contribution < 1.29 is 14.3 Å². The fourth-order valence-corrected chi connectivity index (χ4v) is 3.07. The van der Waals surface area contributed by atoms with Crippen molar-refractivity contribution in [1.82, 2.24) is 0 Å². The SMILES string of the molecule is CC(C)(C)c1ccc(C(=O)O[C@@H](C(=O)c2ccccc2)c2ccc(Cl)cc2)cc1. The Bertz CT molecular complexity index is 985. The predicted octanol–water partition coefficient (Wildman–Crippen LogP) is 6.42. The van der Waals surface area contributed by atoms with Crippen LogP contribution in [0.3, 0.4) is 0 Å². The number of hydrogen-bond acceptors (Lipinski definition) is 3. The van der Waals surface area contributed by atoms with Crippen LogP contribution in [0.5, 0.6) is 0 Å². The van der Waals surface area contributed by atoms with Gasteiger partial charge in [0.25, 0.3) is 0 Å². The van der Waals surface area contributed by atoms with E-state index in [1.54, 1.807) is 60.7 Å². The van der Waals surface area contributed by atoms with Gasteiger partial charge in [0.2, 0.25) is 5.78 Å². The highest BCUT2D eigenvalue weighted by Gasteiger charge is 2.27. The summed E-state index contributed by atoms with van der Waals surface area (Å²) in [6.07, 6.45) is -1.05. The van der Waals surface area contributed by atoms with E-state index in [0.717, 1.165) is 5.56 Å². The van der Waals surface area contributed by atoms with Gasteiger partial charge in [0.05, 0.1) is 5.56 Å². The van der Waals surface area contributed by atoms with Crippen LogP contribution < -0.4 is 0 Å². The molecule has 0 amide bonds. The number of benzene rings is 3. The second kappa shape index (κ2) is 8.62. The third kappa shape index (κ3) is 5.12. The highest BCUT2D eigenvalue weighted by atomic mass is 35.5. The molecule has 3 aromatic rings. The Morgan fingerprint density at radius 2 is 1.38 bits per heavy atom. The number of esters is 1. The molecule has 0 saturated carbocycles. The fraction of sp³-hybridized carbons (Fsp3) is 0.200. The van der Waals surface area contributed by atoms with E-state index in [0.29, 0.717) is 21.7 Å². The maximum atomic E-state index is 13.1. The lowest BCUT2D eigenvalue weighted by atomic mass is 9.87. The van der Waals surface area contributed by atoms with E-state index in [4.69, 9.17) is 16.3 Å². The van der Waals surface area contributed by atoms with E-state index in [9.17, 15) is 9.59 Å². The molecule has 0 aromatic heterocycles. The molecule has 1 atom stereocenters. The van der Waals surface area contributed by atoms with Crippen LogP contribution in [0.2, 0.25) is 5.02 Å². The molecular formula is C25H23ClO3. The first-order valence-corrected chi connectivity index (χ1v) is 9.80. The standard InChI is InChI=1S/C25H23ClO3/c1-25(2,3)20-13-9-19(10-14-20)24(28)29-23(18-11-15-21(26)16-12-18)22(27)17-7-5-4-6-8-17/h4-16,23H,1-3H3/t23-/m1/s1. The minimum absolute atomic E-state index is 0.0163. The van der Waals surface area contributed by atoms with E-state index < -0.39 is 12.1 Å². The summed E-state index contributed by atoms with van der Waals surface area (Å²) in [7, 11) is 0. The summed E-state index contributed by atoms with van der Waals surface area (Å²) in [5.74, 6) is -0.831. The first kappa shape index (κ1) is 20.8. The van der Waals surface area contributed by atoms with Crippen molar-refractivity contribution in [3.8, 4) is 0 Å². The van der Waals surface area contributed by atoms with Crippen LogP contribution in [0.25, 0.3) is 0 Å². The van der Waals surface area contributed by atoms with Crippen molar-refractivity contribution in [2.24, 2.45) is 0 Å². The second-order valence-electron chi connectivity index (χ2n) is 7.89. The molecule has 29 heavy (non-hydrogen) atoms. The van der Waals surface area contributed by atoms with E-state index >= 15 is 0 Å². The van der Waals surface area contributed by atoms with E-state index in [-0.39, 0.29) is 11.2 Å². The summed E-state index contributed by atoms with van der Waals surface area (Å²) in [5.41, 5.74) is 2.55. The third-order valence-electron chi connectivity index (χ3n) is 4.68. The summed E-state index contributed by atoms with van der Waals surface area (Å²) < 4.78 is 5.67. The summed E-state index contributed by atoms with van der Waals surface area (Å²) in [6, 6.07) is 22.8. The molecule has 148 valence electrons. The summed E-state index contributed by atoms with van der Waals surface area (Å²) >= 11 is 5.97. The lowest BCUT2D eigenvalue weighted by molar-refractivity contribution is 0.0280. The molecule has 0 saturated heterocycles. The Labute approximate surface area is 176 Å². The maximum Gasteiger partial charge on any atom is 0.339 e. The van der Waals surface area contributed by atoms with Gasteiger partial charge < -0.3 is 4.74 Å². The van der Waals surface area contributed by atoms with Gasteiger partial charge in [-0.1, -0.05) is 87.0 Å². The molecule has 0 aliphatic rings. The van der Waals surface area contributed by atoms with E-state index in [1.165, 1.54) is 0 Å². The Morgan fingerprint density at radius 1 is 0.793 bits per heavy atom. The minimum Gasteiger partial charge on any atom is -0.445 e. The molecular weight excluding hydrogens is 384 g/mol. The molecule has 0 unspecified atom stereocenters. The van der Waals surface area contributed by atoms with Crippen LogP contribution in [0.1, 0.15) is 58.7 Å². The van der Waals surface area contributed by atoms with Crippen molar-refractivity contribution in [2.45, 2.75) is 32.3 Å².